The molecule has 0 aliphatic carbocycles. The van der Waals surface area contributed by atoms with Crippen LogP contribution >= 0.6 is 11.3 Å². The number of fused-ring (bicyclic) bond motifs is 6. The molecule has 65 heavy (non-hydrogen) atoms. The number of rotatable bonds is 8. The zero-order chi connectivity index (χ0) is 48.1. The van der Waals surface area contributed by atoms with Gasteiger partial charge in [0, 0.05) is 41.4 Å². The molecule has 3 heterocycles. The molecule has 0 amide bonds. The van der Waals surface area contributed by atoms with Crippen molar-refractivity contribution >= 4 is 71.0 Å². The molecule has 6 heteroatoms. The van der Waals surface area contributed by atoms with Crippen molar-refractivity contribution in [1.29, 1.82) is 0 Å². The van der Waals surface area contributed by atoms with Crippen molar-refractivity contribution < 1.29 is 27.0 Å². The van der Waals surface area contributed by atoms with E-state index in [0.717, 1.165) is 43.5 Å². The average molecular weight is 1100 g/mol. The van der Waals surface area contributed by atoms with Gasteiger partial charge in [0.15, 0.2) is 0 Å². The molecule has 0 N–H and O–H groups in total. The summed E-state index contributed by atoms with van der Waals surface area (Å²) in [6.45, 7) is -0.258. The smallest absolute Gasteiger partial charge is 0.0852 e. The van der Waals surface area contributed by atoms with Crippen molar-refractivity contribution in [3.05, 3.63) is 217 Å². The van der Waals surface area contributed by atoms with Crippen LogP contribution in [0.1, 0.15) is 36.4 Å². The van der Waals surface area contributed by atoms with Crippen molar-refractivity contribution in [3.63, 3.8) is 0 Å². The van der Waals surface area contributed by atoms with E-state index in [-0.39, 0.29) is 31.6 Å². The number of pyridine rings is 1. The van der Waals surface area contributed by atoms with Crippen LogP contribution in [0.2, 0.25) is 17.3 Å². The quantitative estimate of drug-likeness (QED) is 0.112. The zero-order valence-electron chi connectivity index (χ0n) is 41.6. The summed E-state index contributed by atoms with van der Waals surface area (Å²) in [5.41, 5.74) is 9.66. The minimum Gasteiger partial charge on any atom is -0.333 e. The van der Waals surface area contributed by atoms with Crippen LogP contribution in [0, 0.1) is 19.0 Å². The van der Waals surface area contributed by atoms with Crippen molar-refractivity contribution in [2.24, 2.45) is 0 Å². The Balaban J connectivity index is 0.000000176. The Labute approximate surface area is 409 Å². The van der Waals surface area contributed by atoms with Gasteiger partial charge in [-0.15, -0.1) is 23.8 Å². The van der Waals surface area contributed by atoms with Crippen molar-refractivity contribution in [1.82, 2.24) is 14.5 Å². The van der Waals surface area contributed by atoms with Gasteiger partial charge in [-0.1, -0.05) is 102 Å². The molecule has 321 valence electrons. The molecule has 0 fully saturated rings. The first-order chi connectivity index (χ1) is 33.2. The van der Waals surface area contributed by atoms with Gasteiger partial charge >= 0.3 is 168 Å². The summed E-state index contributed by atoms with van der Waals surface area (Å²) in [5.74, 6) is 7.27. The minimum absolute atomic E-state index is 0. The van der Waals surface area contributed by atoms with E-state index in [1.807, 2.05) is 60.9 Å². The van der Waals surface area contributed by atoms with Crippen molar-refractivity contribution in [3.8, 4) is 39.5 Å². The predicted octanol–water partition coefficient (Wildman–Crippen LogP) is 15.4. The number of aryl methyl sites for hydroxylation is 1. The van der Waals surface area contributed by atoms with Gasteiger partial charge in [0.1, 0.15) is 0 Å². The van der Waals surface area contributed by atoms with E-state index in [0.29, 0.717) is 16.8 Å². The molecule has 0 saturated heterocycles. The molecule has 11 aromatic rings. The second-order valence-electron chi connectivity index (χ2n) is 17.2. The minimum atomic E-state index is -2.43. The van der Waals surface area contributed by atoms with Crippen LogP contribution in [0.4, 0.5) is 0 Å². The Morgan fingerprint density at radius 1 is 0.692 bits per heavy atom. The van der Waals surface area contributed by atoms with E-state index >= 15 is 0 Å². The number of thiophene rings is 1. The standard InChI is InChI=1S/C35H21N2S.C24H28GeN.Ir/c1-2-10-23(11-3-1)26-13-6-8-16-30(26)37-31-20-18-24-12-4-5-14-27(24)34(31)36-35(37)25-19-21-33-29(22-25)28-15-7-9-17-32(28)38-33;1-18-11-13-21(14-12-18)24-16-22(23(17-26-24)25(3,4)5)15-19(2)20-9-7-6-8-10-20;/h1-18,20-22H;6-13,16-17,19H,15H2,1-5H3;/q2*-1;/i;1D3,15D2;. The molecule has 1 atom stereocenters. The fourth-order valence-electron chi connectivity index (χ4n) is 8.53. The van der Waals surface area contributed by atoms with E-state index in [1.165, 1.54) is 42.8 Å². The van der Waals surface area contributed by atoms with Crippen LogP contribution in [0.5, 0.6) is 0 Å². The predicted molar refractivity (Wildman–Crippen MR) is 276 cm³/mol. The van der Waals surface area contributed by atoms with Crippen LogP contribution in [-0.4, -0.2) is 27.8 Å². The molecule has 11 rings (SSSR count). The fourth-order valence-corrected chi connectivity index (χ4v) is 12.5. The third-order valence-electron chi connectivity index (χ3n) is 11.8. The van der Waals surface area contributed by atoms with Gasteiger partial charge < -0.3 is 4.57 Å². The first-order valence-electron chi connectivity index (χ1n) is 24.1. The summed E-state index contributed by atoms with van der Waals surface area (Å²) in [6, 6.07) is 68.0. The maximum Gasteiger partial charge on any atom is 0.0852 e. The molecular weight excluding hydrogens is 1050 g/mol. The number of imidazole rings is 1. The van der Waals surface area contributed by atoms with Crippen LogP contribution in [0.15, 0.2) is 188 Å². The second kappa shape index (κ2) is 18.9. The number of para-hydroxylation sites is 1. The largest absolute Gasteiger partial charge is 0.333 e. The van der Waals surface area contributed by atoms with E-state index in [1.54, 1.807) is 12.1 Å². The van der Waals surface area contributed by atoms with E-state index in [2.05, 4.69) is 166 Å². The molecular formula is C59H49GeIrN3S-2. The maximum atomic E-state index is 9.09. The Kier molecular flexibility index (Phi) is 11.1. The van der Waals surface area contributed by atoms with Crippen LogP contribution in [0.3, 0.4) is 0 Å². The monoisotopic (exact) mass is 1100 g/mol. The van der Waals surface area contributed by atoms with E-state index in [4.69, 9.17) is 11.8 Å². The van der Waals surface area contributed by atoms with Gasteiger partial charge in [0.2, 0.25) is 0 Å². The average Bonchev–Trinajstić information content (AvgIpc) is 3.95. The van der Waals surface area contributed by atoms with Crippen LogP contribution < -0.4 is 4.40 Å². The third-order valence-corrected chi connectivity index (χ3v) is 17.2. The van der Waals surface area contributed by atoms with E-state index < -0.39 is 26.5 Å². The fraction of sp³-hybridized carbons (Fsp3) is 0.119. The number of hydrogen-bond acceptors (Lipinski definition) is 3. The Hall–Kier alpha value is -5.95. The topological polar surface area (TPSA) is 30.7 Å². The Morgan fingerprint density at radius 2 is 1.40 bits per heavy atom. The Morgan fingerprint density at radius 3 is 2.17 bits per heavy atom. The van der Waals surface area contributed by atoms with Crippen molar-refractivity contribution in [2.45, 2.75) is 43.3 Å². The third kappa shape index (κ3) is 9.04. The maximum absolute atomic E-state index is 9.09. The summed E-state index contributed by atoms with van der Waals surface area (Å²) in [5, 5.41) is 4.87. The van der Waals surface area contributed by atoms with Gasteiger partial charge in [-0.2, -0.15) is 11.3 Å². The number of aromatic nitrogens is 3. The first-order valence-corrected chi connectivity index (χ1v) is 29.8. The van der Waals surface area contributed by atoms with Crippen molar-refractivity contribution in [2.75, 3.05) is 0 Å². The molecule has 3 aromatic heterocycles. The summed E-state index contributed by atoms with van der Waals surface area (Å²) >= 11 is -0.620. The van der Waals surface area contributed by atoms with Gasteiger partial charge in [0.05, 0.1) is 16.9 Å². The molecule has 8 aromatic carbocycles. The van der Waals surface area contributed by atoms with Gasteiger partial charge in [-0.05, 0) is 39.2 Å². The molecule has 0 bridgehead atoms. The summed E-state index contributed by atoms with van der Waals surface area (Å²) in [4.78, 5) is 9.95. The second-order valence-corrected chi connectivity index (χ2v) is 28.8. The number of benzene rings is 8. The molecule has 0 aliphatic rings. The van der Waals surface area contributed by atoms with Crippen LogP contribution in [-0.2, 0) is 26.5 Å². The van der Waals surface area contributed by atoms with Gasteiger partial charge in [-0.3, -0.25) is 4.98 Å². The van der Waals surface area contributed by atoms with Crippen LogP contribution in [0.25, 0.3) is 81.4 Å². The molecule has 1 radical (unpaired) electrons. The zero-order valence-corrected chi connectivity index (χ0v) is 41.9. The van der Waals surface area contributed by atoms with Gasteiger partial charge in [0.25, 0.3) is 0 Å². The molecule has 0 saturated carbocycles. The summed E-state index contributed by atoms with van der Waals surface area (Å²) in [7, 11) is 0. The molecule has 0 spiro atoms. The molecule has 0 aliphatic heterocycles. The molecule has 1 unspecified atom stereocenters. The Bertz CT molecular complexity index is 3640. The summed E-state index contributed by atoms with van der Waals surface area (Å²) in [6.07, 6.45) is 0.233. The normalized spacial score (nSPS) is 13.5. The number of hydrogen-bond donors (Lipinski definition) is 0. The number of nitrogens with zero attached hydrogens (tertiary/aromatic N) is 3. The first kappa shape index (κ1) is 38.3. The summed E-state index contributed by atoms with van der Waals surface area (Å²) < 4.78 is 46.7. The van der Waals surface area contributed by atoms with E-state index in [9.17, 15) is 0 Å². The molecule has 3 nitrogen and oxygen atoms in total. The SMILES string of the molecule is [2H]C([2H])([2H])c1c[c-]c(-c2cc(C([2H])([2H])C(C)c3ccccc3)[c]([Ge]([CH3])([CH3])[CH3])cn2)cc1.[Ir].[c-]1cc2sc3ccccc3c2cc1-c1nc2c3ccccc3ccc2n1-c1ccccc1-c1ccccc1. The van der Waals surface area contributed by atoms with Gasteiger partial charge in [-0.25, -0.2) is 0 Å².